The van der Waals surface area contributed by atoms with Gasteiger partial charge in [-0.1, -0.05) is 53.2 Å². The fraction of sp³-hybridized carbons (Fsp3) is 0.875. The molecule has 0 heterocycles. The van der Waals surface area contributed by atoms with Crippen molar-refractivity contribution in [1.29, 1.82) is 0 Å². The van der Waals surface area contributed by atoms with Gasteiger partial charge in [0, 0.05) is 0 Å². The van der Waals surface area contributed by atoms with Gasteiger partial charge in [-0.2, -0.15) is 0 Å². The number of carbonyl (C=O) groups excluding carboxylic acids is 2. The topological polar surface area (TPSA) is 133 Å². The van der Waals surface area contributed by atoms with Crippen LogP contribution in [0.5, 0.6) is 0 Å². The van der Waals surface area contributed by atoms with Gasteiger partial charge in [0.15, 0.2) is 0 Å². The Morgan fingerprint density at radius 1 is 0.907 bits per heavy atom. The molecule has 0 amide bonds. The van der Waals surface area contributed by atoms with Crippen molar-refractivity contribution >= 4 is 22.3 Å². The normalized spacial score (nSPS) is 44.9. The van der Waals surface area contributed by atoms with Crippen LogP contribution in [-0.2, 0) is 28.9 Å². The Hall–Kier alpha value is 1.82. The fourth-order valence-corrected chi connectivity index (χ4v) is 11.8. The van der Waals surface area contributed by atoms with Crippen LogP contribution in [0, 0.1) is 50.2 Å². The first kappa shape index (κ1) is 39.3. The molecule has 0 aliphatic heterocycles. The molecule has 9 atom stereocenters. The molecule has 5 aliphatic carbocycles. The smallest absolute Gasteiger partial charge is 0.726 e. The first-order chi connectivity index (χ1) is 18.7. The van der Waals surface area contributed by atoms with E-state index in [1.807, 2.05) is 6.92 Å². The van der Waals surface area contributed by atoms with Crippen molar-refractivity contribution in [3.63, 3.8) is 0 Å². The van der Waals surface area contributed by atoms with Gasteiger partial charge in [0.1, 0.15) is 6.61 Å². The number of rotatable bonds is 5. The van der Waals surface area contributed by atoms with Gasteiger partial charge in [0.25, 0.3) is 0 Å². The summed E-state index contributed by atoms with van der Waals surface area (Å²) >= 11 is 0. The molecule has 0 radical (unpaired) electrons. The van der Waals surface area contributed by atoms with Crippen LogP contribution in [0.15, 0.2) is 11.6 Å². The van der Waals surface area contributed by atoms with E-state index in [1.54, 1.807) is 0 Å². The summed E-state index contributed by atoms with van der Waals surface area (Å²) in [7, 11) is -4.78. The molecule has 1 unspecified atom stereocenters. The maximum atomic E-state index is 13.1. The van der Waals surface area contributed by atoms with Crippen LogP contribution in [0.2, 0.25) is 0 Å². The molecule has 0 aromatic carbocycles. The maximum absolute atomic E-state index is 13.1. The van der Waals surface area contributed by atoms with E-state index in [4.69, 9.17) is 8.92 Å². The predicted octanol–water partition coefficient (Wildman–Crippen LogP) is -1.07. The van der Waals surface area contributed by atoms with Crippen LogP contribution in [-0.4, -0.2) is 37.6 Å². The fourth-order valence-electron chi connectivity index (χ4n) is 11.1. The van der Waals surface area contributed by atoms with E-state index in [1.165, 1.54) is 5.57 Å². The molecule has 0 aromatic heterocycles. The zero-order valence-corrected chi connectivity index (χ0v) is 34.9. The van der Waals surface area contributed by atoms with Crippen LogP contribution in [0.1, 0.15) is 113 Å². The largest absolute Gasteiger partial charge is 1.00 e. The second kappa shape index (κ2) is 12.9. The minimum atomic E-state index is -4.78. The van der Waals surface area contributed by atoms with E-state index in [9.17, 15) is 27.7 Å². The van der Waals surface area contributed by atoms with Crippen molar-refractivity contribution < 1.29 is 139 Å². The van der Waals surface area contributed by atoms with Gasteiger partial charge >= 0.3 is 109 Å². The van der Waals surface area contributed by atoms with E-state index in [0.29, 0.717) is 25.2 Å². The number of esters is 1. The van der Waals surface area contributed by atoms with Crippen molar-refractivity contribution in [2.75, 3.05) is 6.61 Å². The van der Waals surface area contributed by atoms with E-state index in [-0.39, 0.29) is 136 Å². The van der Waals surface area contributed by atoms with Crippen LogP contribution >= 0.6 is 0 Å². The van der Waals surface area contributed by atoms with Crippen LogP contribution in [0.4, 0.5) is 0 Å². The zero-order chi connectivity index (χ0) is 30.4. The zero-order valence-electron chi connectivity index (χ0n) is 27.8. The summed E-state index contributed by atoms with van der Waals surface area (Å²) in [4.78, 5) is 24.1. The molecular formula is C32H48K2O8S. The number of carbonyl (C=O) groups is 2. The van der Waals surface area contributed by atoms with Crippen molar-refractivity contribution in [2.45, 2.75) is 119 Å². The molecule has 0 saturated heterocycles. The SMILES string of the molecule is CC1(C)C(OS(=O)(=O)[O-])CC[C@]2(C)[C@H]3CC=C4[C@@H]5C[C@@](C)(C(=O)OCC(=O)[O-])CC[C@]5(C)CC[C@@]4(C)[C@]3(C)CC[C@@H]12.[K+].[K+]. The summed E-state index contributed by atoms with van der Waals surface area (Å²) in [6, 6.07) is 0. The first-order valence-corrected chi connectivity index (χ1v) is 16.8. The summed E-state index contributed by atoms with van der Waals surface area (Å²) in [5, 5.41) is 11.0. The van der Waals surface area contributed by atoms with Crippen molar-refractivity contribution in [1.82, 2.24) is 0 Å². The van der Waals surface area contributed by atoms with Gasteiger partial charge in [-0.3, -0.25) is 8.98 Å². The summed E-state index contributed by atoms with van der Waals surface area (Å²) in [6.07, 6.45) is 10.6. The Morgan fingerprint density at radius 3 is 2.14 bits per heavy atom. The van der Waals surface area contributed by atoms with Gasteiger partial charge in [-0.05, 0) is 116 Å². The Labute approximate surface area is 343 Å². The van der Waals surface area contributed by atoms with Crippen LogP contribution < -0.4 is 108 Å². The summed E-state index contributed by atoms with van der Waals surface area (Å²) < 4.78 is 45.0. The Morgan fingerprint density at radius 2 is 1.53 bits per heavy atom. The monoisotopic (exact) mass is 670 g/mol. The van der Waals surface area contributed by atoms with Crippen LogP contribution in [0.3, 0.4) is 0 Å². The Balaban J connectivity index is 0.00000253. The number of hydrogen-bond donors (Lipinski definition) is 0. The molecule has 4 saturated carbocycles. The molecule has 4 fully saturated rings. The molecule has 0 N–H and O–H groups in total. The van der Waals surface area contributed by atoms with E-state index >= 15 is 0 Å². The average molecular weight is 671 g/mol. The predicted molar refractivity (Wildman–Crippen MR) is 150 cm³/mol. The number of allylic oxidation sites excluding steroid dienone is 2. The van der Waals surface area contributed by atoms with Gasteiger partial charge in [-0.15, -0.1) is 0 Å². The van der Waals surface area contributed by atoms with Crippen molar-refractivity contribution in [3.8, 4) is 0 Å². The van der Waals surface area contributed by atoms with Gasteiger partial charge in [0.2, 0.25) is 10.4 Å². The van der Waals surface area contributed by atoms with Gasteiger partial charge < -0.3 is 19.2 Å². The number of ether oxygens (including phenoxy) is 1. The number of aliphatic carboxylic acids is 1. The molecular weight excluding hydrogens is 623 g/mol. The average Bonchev–Trinajstić information content (AvgIpc) is 2.85. The third-order valence-electron chi connectivity index (χ3n) is 13.8. The molecule has 0 aromatic rings. The van der Waals surface area contributed by atoms with Gasteiger partial charge in [0.05, 0.1) is 17.5 Å². The standard InChI is InChI=1S/C32H50O8S.2K/c1-27(2)22-10-13-32(7)23(30(22,5)12-11-24(27)40-41(36,37)38)9-8-20-21-18-29(4,26(35)39-19-25(33)34)15-14-28(21,3)16-17-31(20,32)6;;/h8,21-24H,9-19H2,1-7H3,(H,33,34)(H,36,37,38);;/q;2*+1/p-2/t21-,22-,23+,24?,28+,29-,30-,31+,32+;;/m0../s1. The molecule has 232 valence electrons. The minimum absolute atomic E-state index is 0. The van der Waals surface area contributed by atoms with E-state index in [0.717, 1.165) is 44.9 Å². The van der Waals surface area contributed by atoms with E-state index < -0.39 is 45.9 Å². The quantitative estimate of drug-likeness (QED) is 0.119. The molecule has 5 rings (SSSR count). The molecule has 5 aliphatic rings. The number of carboxylic acids is 1. The molecule has 11 heteroatoms. The third kappa shape index (κ3) is 6.47. The molecule has 0 bridgehead atoms. The third-order valence-corrected chi connectivity index (χ3v) is 14.3. The summed E-state index contributed by atoms with van der Waals surface area (Å²) in [6.45, 7) is 15.1. The molecule has 0 spiro atoms. The summed E-state index contributed by atoms with van der Waals surface area (Å²) in [5.74, 6) is -0.965. The first-order valence-electron chi connectivity index (χ1n) is 15.4. The minimum Gasteiger partial charge on any atom is -0.726 e. The number of fused-ring (bicyclic) bond motifs is 7. The van der Waals surface area contributed by atoms with E-state index in [2.05, 4.69) is 47.6 Å². The molecule has 43 heavy (non-hydrogen) atoms. The van der Waals surface area contributed by atoms with Crippen molar-refractivity contribution in [3.05, 3.63) is 11.6 Å². The Bertz CT molecular complexity index is 1270. The maximum Gasteiger partial charge on any atom is 1.00 e. The van der Waals surface area contributed by atoms with Gasteiger partial charge in [-0.25, -0.2) is 8.42 Å². The second-order valence-corrected chi connectivity index (χ2v) is 17.1. The molecule has 8 nitrogen and oxygen atoms in total. The second-order valence-electron chi connectivity index (χ2n) is 16.1. The van der Waals surface area contributed by atoms with Crippen molar-refractivity contribution in [2.24, 2.45) is 50.2 Å². The number of carboxylic acid groups (broad SMARTS) is 1. The number of hydrogen-bond acceptors (Lipinski definition) is 8. The Kier molecular flexibility index (Phi) is 11.8. The van der Waals surface area contributed by atoms with Crippen LogP contribution in [0.25, 0.3) is 0 Å². The summed E-state index contributed by atoms with van der Waals surface area (Å²) in [5.41, 5.74) is 0.344.